The third kappa shape index (κ3) is 1.54. The van der Waals surface area contributed by atoms with Crippen molar-refractivity contribution in [2.45, 2.75) is 13.5 Å². The normalized spacial score (nSPS) is 10.5. The Labute approximate surface area is 71.4 Å². The van der Waals surface area contributed by atoms with Gasteiger partial charge in [0, 0.05) is 7.05 Å². The van der Waals surface area contributed by atoms with Crippen LogP contribution in [0.1, 0.15) is 11.5 Å². The van der Waals surface area contributed by atoms with Gasteiger partial charge in [0.15, 0.2) is 0 Å². The summed E-state index contributed by atoms with van der Waals surface area (Å²) in [7, 11) is 3.80. The Balaban J connectivity index is 2.98. The van der Waals surface area contributed by atoms with Gasteiger partial charge in [0.25, 0.3) is 0 Å². The molecule has 0 bridgehead atoms. The fourth-order valence-corrected chi connectivity index (χ4v) is 1.13. The number of aromatic nitrogens is 2. The van der Waals surface area contributed by atoms with Crippen LogP contribution in [0.15, 0.2) is 0 Å². The lowest BCUT2D eigenvalue weighted by Gasteiger charge is -1.99. The molecule has 0 saturated heterocycles. The SMILES string of the molecule is CNCc1nc(C)c(Cl)n1C. The van der Waals surface area contributed by atoms with Crippen LogP contribution in [-0.2, 0) is 13.6 Å². The molecule has 0 aliphatic heterocycles. The van der Waals surface area contributed by atoms with Crippen molar-refractivity contribution in [1.82, 2.24) is 14.9 Å². The molecule has 0 unspecified atom stereocenters. The lowest BCUT2D eigenvalue weighted by Crippen LogP contribution is -2.10. The highest BCUT2D eigenvalue weighted by atomic mass is 35.5. The van der Waals surface area contributed by atoms with Crippen LogP contribution >= 0.6 is 11.6 Å². The summed E-state index contributed by atoms with van der Waals surface area (Å²) in [6, 6.07) is 0. The molecule has 11 heavy (non-hydrogen) atoms. The van der Waals surface area contributed by atoms with Gasteiger partial charge in [-0.2, -0.15) is 0 Å². The van der Waals surface area contributed by atoms with Crippen molar-refractivity contribution in [3.05, 3.63) is 16.7 Å². The second-order valence-electron chi connectivity index (χ2n) is 2.49. The third-order valence-electron chi connectivity index (χ3n) is 1.61. The van der Waals surface area contributed by atoms with Gasteiger partial charge in [-0.05, 0) is 14.0 Å². The fraction of sp³-hybridized carbons (Fsp3) is 0.571. The monoisotopic (exact) mass is 173 g/mol. The summed E-state index contributed by atoms with van der Waals surface area (Å²) in [5.74, 6) is 0.968. The van der Waals surface area contributed by atoms with Crippen molar-refractivity contribution in [2.24, 2.45) is 7.05 Å². The zero-order valence-electron chi connectivity index (χ0n) is 6.98. The quantitative estimate of drug-likeness (QED) is 0.726. The molecule has 0 radical (unpaired) electrons. The number of hydrogen-bond acceptors (Lipinski definition) is 2. The lowest BCUT2D eigenvalue weighted by molar-refractivity contribution is 0.709. The number of rotatable bonds is 2. The van der Waals surface area contributed by atoms with Crippen molar-refractivity contribution in [3.63, 3.8) is 0 Å². The number of nitrogens with one attached hydrogen (secondary N) is 1. The molecule has 62 valence electrons. The van der Waals surface area contributed by atoms with Gasteiger partial charge < -0.3 is 9.88 Å². The first-order valence-electron chi connectivity index (χ1n) is 3.49. The van der Waals surface area contributed by atoms with Crippen molar-refractivity contribution in [3.8, 4) is 0 Å². The largest absolute Gasteiger partial charge is 0.321 e. The Morgan fingerprint density at radius 3 is 2.64 bits per heavy atom. The van der Waals surface area contributed by atoms with Gasteiger partial charge in [-0.15, -0.1) is 0 Å². The molecule has 1 heterocycles. The van der Waals surface area contributed by atoms with E-state index >= 15 is 0 Å². The van der Waals surface area contributed by atoms with Gasteiger partial charge >= 0.3 is 0 Å². The van der Waals surface area contributed by atoms with Crippen molar-refractivity contribution < 1.29 is 0 Å². The Hall–Kier alpha value is -0.540. The van der Waals surface area contributed by atoms with E-state index in [1.807, 2.05) is 25.6 Å². The number of hydrogen-bond donors (Lipinski definition) is 1. The first-order valence-corrected chi connectivity index (χ1v) is 3.87. The maximum absolute atomic E-state index is 5.91. The van der Waals surface area contributed by atoms with E-state index in [0.717, 1.165) is 23.2 Å². The highest BCUT2D eigenvalue weighted by molar-refractivity contribution is 6.30. The average Bonchev–Trinajstić information content (AvgIpc) is 2.19. The zero-order valence-corrected chi connectivity index (χ0v) is 7.74. The Morgan fingerprint density at radius 1 is 1.64 bits per heavy atom. The Kier molecular flexibility index (Phi) is 2.52. The van der Waals surface area contributed by atoms with Crippen LogP contribution in [-0.4, -0.2) is 16.6 Å². The number of imidazole rings is 1. The molecule has 0 amide bonds. The van der Waals surface area contributed by atoms with E-state index in [2.05, 4.69) is 10.3 Å². The van der Waals surface area contributed by atoms with Crippen LogP contribution in [0.2, 0.25) is 5.15 Å². The van der Waals surface area contributed by atoms with Crippen LogP contribution in [0.5, 0.6) is 0 Å². The summed E-state index contributed by atoms with van der Waals surface area (Å²) in [5, 5.41) is 3.74. The summed E-state index contributed by atoms with van der Waals surface area (Å²) in [4.78, 5) is 4.27. The third-order valence-corrected chi connectivity index (χ3v) is 2.14. The maximum atomic E-state index is 5.91. The van der Waals surface area contributed by atoms with Crippen LogP contribution in [0.25, 0.3) is 0 Å². The molecule has 0 aromatic carbocycles. The molecule has 0 fully saturated rings. The molecule has 0 atom stereocenters. The summed E-state index contributed by atoms with van der Waals surface area (Å²) < 4.78 is 1.88. The summed E-state index contributed by atoms with van der Waals surface area (Å²) in [5.41, 5.74) is 0.888. The van der Waals surface area contributed by atoms with E-state index in [1.54, 1.807) is 0 Å². The second-order valence-corrected chi connectivity index (χ2v) is 2.85. The molecular weight excluding hydrogens is 162 g/mol. The summed E-state index contributed by atoms with van der Waals surface area (Å²) in [6.45, 7) is 2.66. The first-order chi connectivity index (χ1) is 5.16. The highest BCUT2D eigenvalue weighted by Gasteiger charge is 2.06. The molecular formula is C7H12ClN3. The second kappa shape index (κ2) is 3.24. The van der Waals surface area contributed by atoms with Crippen LogP contribution in [0.3, 0.4) is 0 Å². The zero-order chi connectivity index (χ0) is 8.43. The van der Waals surface area contributed by atoms with Crippen LogP contribution in [0.4, 0.5) is 0 Å². The Morgan fingerprint density at radius 2 is 2.27 bits per heavy atom. The predicted octanol–water partition coefficient (Wildman–Crippen LogP) is 1.10. The average molecular weight is 174 g/mol. The van der Waals surface area contributed by atoms with Gasteiger partial charge in [0.05, 0.1) is 12.2 Å². The van der Waals surface area contributed by atoms with E-state index in [9.17, 15) is 0 Å². The Bertz CT molecular complexity index is 254. The summed E-state index contributed by atoms with van der Waals surface area (Å²) >= 11 is 5.91. The van der Waals surface area contributed by atoms with Gasteiger partial charge in [-0.1, -0.05) is 11.6 Å². The van der Waals surface area contributed by atoms with E-state index < -0.39 is 0 Å². The smallest absolute Gasteiger partial charge is 0.131 e. The van der Waals surface area contributed by atoms with Crippen molar-refractivity contribution in [1.29, 1.82) is 0 Å². The van der Waals surface area contributed by atoms with Crippen molar-refractivity contribution >= 4 is 11.6 Å². The number of nitrogens with zero attached hydrogens (tertiary/aromatic N) is 2. The lowest BCUT2D eigenvalue weighted by atomic mass is 10.6. The molecule has 0 spiro atoms. The van der Waals surface area contributed by atoms with Gasteiger partial charge in [0.2, 0.25) is 0 Å². The summed E-state index contributed by atoms with van der Waals surface area (Å²) in [6.07, 6.45) is 0. The topological polar surface area (TPSA) is 29.9 Å². The standard InChI is InChI=1S/C7H12ClN3/c1-5-7(8)11(3)6(10-5)4-9-2/h9H,4H2,1-3H3. The van der Waals surface area contributed by atoms with E-state index in [0.29, 0.717) is 0 Å². The predicted molar refractivity (Wildman–Crippen MR) is 45.7 cm³/mol. The van der Waals surface area contributed by atoms with E-state index in [1.165, 1.54) is 0 Å². The van der Waals surface area contributed by atoms with Gasteiger partial charge in [-0.3, -0.25) is 0 Å². The van der Waals surface area contributed by atoms with Crippen molar-refractivity contribution in [2.75, 3.05) is 7.05 Å². The molecule has 1 rings (SSSR count). The highest BCUT2D eigenvalue weighted by Crippen LogP contribution is 2.14. The minimum Gasteiger partial charge on any atom is -0.321 e. The van der Waals surface area contributed by atoms with E-state index in [-0.39, 0.29) is 0 Å². The molecule has 0 aliphatic rings. The minimum absolute atomic E-state index is 0.718. The molecule has 0 aliphatic carbocycles. The maximum Gasteiger partial charge on any atom is 0.131 e. The molecule has 4 heteroatoms. The molecule has 3 nitrogen and oxygen atoms in total. The fourth-order valence-electron chi connectivity index (χ4n) is 0.987. The van der Waals surface area contributed by atoms with E-state index in [4.69, 9.17) is 11.6 Å². The molecule has 1 N–H and O–H groups in total. The van der Waals surface area contributed by atoms with Gasteiger partial charge in [-0.25, -0.2) is 4.98 Å². The van der Waals surface area contributed by atoms with Gasteiger partial charge in [0.1, 0.15) is 11.0 Å². The number of aryl methyl sites for hydroxylation is 1. The molecule has 1 aromatic heterocycles. The van der Waals surface area contributed by atoms with Crippen LogP contribution < -0.4 is 5.32 Å². The molecule has 1 aromatic rings. The minimum atomic E-state index is 0.718. The molecule has 0 saturated carbocycles. The first kappa shape index (κ1) is 8.56. The van der Waals surface area contributed by atoms with Crippen LogP contribution in [0, 0.1) is 6.92 Å². The number of halogens is 1.